The number of halogens is 2. The van der Waals surface area contributed by atoms with Gasteiger partial charge in [0.1, 0.15) is 5.82 Å². The topological polar surface area (TPSA) is 24.9 Å². The third-order valence-corrected chi connectivity index (χ3v) is 4.25. The molecule has 1 aromatic rings. The summed E-state index contributed by atoms with van der Waals surface area (Å²) < 4.78 is 0. The molecular formula is C11H14Cl2N2S. The van der Waals surface area contributed by atoms with Crippen molar-refractivity contribution in [1.82, 2.24) is 4.98 Å². The summed E-state index contributed by atoms with van der Waals surface area (Å²) in [5.41, 5.74) is 0. The van der Waals surface area contributed by atoms with Crippen LogP contribution in [-0.4, -0.2) is 23.0 Å². The van der Waals surface area contributed by atoms with Crippen molar-refractivity contribution in [2.75, 3.05) is 23.4 Å². The molecule has 88 valence electrons. The molecule has 0 unspecified atom stereocenters. The number of nitrogens with zero attached hydrogens (tertiary/aromatic N) is 1. The van der Waals surface area contributed by atoms with E-state index in [2.05, 4.69) is 10.3 Å². The average Bonchev–Trinajstić information content (AvgIpc) is 2.29. The second-order valence-electron chi connectivity index (χ2n) is 3.92. The number of thioether (sulfide) groups is 1. The van der Waals surface area contributed by atoms with Crippen LogP contribution in [0.1, 0.15) is 12.8 Å². The highest BCUT2D eigenvalue weighted by atomic mass is 35.5. The van der Waals surface area contributed by atoms with E-state index >= 15 is 0 Å². The van der Waals surface area contributed by atoms with Crippen molar-refractivity contribution in [2.45, 2.75) is 12.8 Å². The molecule has 0 aromatic carbocycles. The van der Waals surface area contributed by atoms with Gasteiger partial charge in [-0.3, -0.25) is 0 Å². The van der Waals surface area contributed by atoms with Crippen LogP contribution in [0.4, 0.5) is 5.82 Å². The van der Waals surface area contributed by atoms with Gasteiger partial charge in [-0.2, -0.15) is 11.8 Å². The molecule has 5 heteroatoms. The van der Waals surface area contributed by atoms with Gasteiger partial charge in [-0.05, 0) is 36.3 Å². The Labute approximate surface area is 110 Å². The normalized spacial score (nSPS) is 17.4. The summed E-state index contributed by atoms with van der Waals surface area (Å²) in [4.78, 5) is 4.18. The average molecular weight is 277 g/mol. The number of rotatable bonds is 3. The Morgan fingerprint density at radius 3 is 2.81 bits per heavy atom. The van der Waals surface area contributed by atoms with Gasteiger partial charge in [0, 0.05) is 12.7 Å². The van der Waals surface area contributed by atoms with Crippen molar-refractivity contribution in [2.24, 2.45) is 5.92 Å². The molecule has 2 heterocycles. The maximum absolute atomic E-state index is 6.03. The number of hydrogen-bond acceptors (Lipinski definition) is 3. The first-order valence-electron chi connectivity index (χ1n) is 5.38. The molecule has 1 fully saturated rings. The van der Waals surface area contributed by atoms with Gasteiger partial charge in [-0.1, -0.05) is 23.2 Å². The molecule has 0 bridgehead atoms. The van der Waals surface area contributed by atoms with Crippen molar-refractivity contribution in [3.8, 4) is 0 Å². The Morgan fingerprint density at radius 2 is 2.12 bits per heavy atom. The molecule has 1 aromatic heterocycles. The van der Waals surface area contributed by atoms with Crippen molar-refractivity contribution in [3.05, 3.63) is 22.3 Å². The second kappa shape index (κ2) is 5.99. The fourth-order valence-corrected chi connectivity index (χ4v) is 3.39. The Bertz CT molecular complexity index is 354. The third-order valence-electron chi connectivity index (χ3n) is 2.71. The number of hydrogen-bond donors (Lipinski definition) is 1. The van der Waals surface area contributed by atoms with E-state index in [0.29, 0.717) is 10.0 Å². The maximum atomic E-state index is 6.03. The molecular weight excluding hydrogens is 263 g/mol. The van der Waals surface area contributed by atoms with Gasteiger partial charge in [0.15, 0.2) is 0 Å². The lowest BCUT2D eigenvalue weighted by molar-refractivity contribution is 0.515. The van der Waals surface area contributed by atoms with Crippen LogP contribution in [0.15, 0.2) is 12.3 Å². The van der Waals surface area contributed by atoms with E-state index in [1.54, 1.807) is 12.3 Å². The van der Waals surface area contributed by atoms with Crippen molar-refractivity contribution >= 4 is 40.8 Å². The summed E-state index contributed by atoms with van der Waals surface area (Å²) >= 11 is 13.9. The Hall–Kier alpha value is -0.120. The van der Waals surface area contributed by atoms with Gasteiger partial charge in [0.2, 0.25) is 0 Å². The minimum absolute atomic E-state index is 0.574. The van der Waals surface area contributed by atoms with Crippen LogP contribution in [0.5, 0.6) is 0 Å². The third kappa shape index (κ3) is 3.44. The van der Waals surface area contributed by atoms with Gasteiger partial charge < -0.3 is 5.32 Å². The first-order chi connectivity index (χ1) is 7.75. The highest BCUT2D eigenvalue weighted by Gasteiger charge is 2.14. The molecule has 2 rings (SSSR count). The summed E-state index contributed by atoms with van der Waals surface area (Å²) in [6.45, 7) is 0.953. The van der Waals surface area contributed by atoms with Crippen LogP contribution in [0.25, 0.3) is 0 Å². The summed E-state index contributed by atoms with van der Waals surface area (Å²) in [6.07, 6.45) is 4.18. The van der Waals surface area contributed by atoms with Crippen LogP contribution in [-0.2, 0) is 0 Å². The van der Waals surface area contributed by atoms with E-state index in [0.717, 1.165) is 18.3 Å². The maximum Gasteiger partial charge on any atom is 0.144 e. The van der Waals surface area contributed by atoms with Crippen molar-refractivity contribution < 1.29 is 0 Å². The zero-order chi connectivity index (χ0) is 11.4. The summed E-state index contributed by atoms with van der Waals surface area (Å²) in [5.74, 6) is 4.03. The molecule has 0 saturated carbocycles. The zero-order valence-electron chi connectivity index (χ0n) is 8.88. The van der Waals surface area contributed by atoms with Gasteiger partial charge in [-0.15, -0.1) is 0 Å². The lowest BCUT2D eigenvalue weighted by atomic mass is 10.0. The number of pyridine rings is 1. The van der Waals surface area contributed by atoms with E-state index in [1.807, 2.05) is 11.8 Å². The van der Waals surface area contributed by atoms with Gasteiger partial charge in [0.05, 0.1) is 10.0 Å². The largest absolute Gasteiger partial charge is 0.369 e. The van der Waals surface area contributed by atoms with Gasteiger partial charge in [-0.25, -0.2) is 4.98 Å². The molecule has 1 saturated heterocycles. The van der Waals surface area contributed by atoms with Crippen LogP contribution in [0.2, 0.25) is 10.0 Å². The van der Waals surface area contributed by atoms with E-state index in [1.165, 1.54) is 24.3 Å². The molecule has 1 aliphatic rings. The smallest absolute Gasteiger partial charge is 0.144 e. The number of anilines is 1. The lowest BCUT2D eigenvalue weighted by Crippen LogP contribution is -2.19. The second-order valence-corrected chi connectivity index (χ2v) is 5.99. The molecule has 1 N–H and O–H groups in total. The SMILES string of the molecule is Clc1cnc(NCC2CCSCC2)c(Cl)c1. The van der Waals surface area contributed by atoms with E-state index < -0.39 is 0 Å². The first kappa shape index (κ1) is 12.3. The highest BCUT2D eigenvalue weighted by Crippen LogP contribution is 2.25. The zero-order valence-corrected chi connectivity index (χ0v) is 11.2. The lowest BCUT2D eigenvalue weighted by Gasteiger charge is -2.21. The predicted octanol–water partition coefficient (Wildman–Crippen LogP) is 3.94. The molecule has 0 aliphatic carbocycles. The molecule has 0 radical (unpaired) electrons. The highest BCUT2D eigenvalue weighted by molar-refractivity contribution is 7.99. The minimum atomic E-state index is 0.574. The minimum Gasteiger partial charge on any atom is -0.369 e. The molecule has 2 nitrogen and oxygen atoms in total. The summed E-state index contributed by atoms with van der Waals surface area (Å²) in [5, 5.41) is 4.47. The monoisotopic (exact) mass is 276 g/mol. The van der Waals surface area contributed by atoms with Crippen LogP contribution < -0.4 is 5.32 Å². The van der Waals surface area contributed by atoms with Gasteiger partial charge in [0.25, 0.3) is 0 Å². The van der Waals surface area contributed by atoms with Crippen LogP contribution in [0.3, 0.4) is 0 Å². The summed E-state index contributed by atoms with van der Waals surface area (Å²) in [6, 6.07) is 1.72. The number of aromatic nitrogens is 1. The Kier molecular flexibility index (Phi) is 4.62. The van der Waals surface area contributed by atoms with Crippen molar-refractivity contribution in [3.63, 3.8) is 0 Å². The van der Waals surface area contributed by atoms with E-state index in [4.69, 9.17) is 23.2 Å². The Morgan fingerprint density at radius 1 is 1.38 bits per heavy atom. The van der Waals surface area contributed by atoms with Crippen LogP contribution >= 0.6 is 35.0 Å². The summed E-state index contributed by atoms with van der Waals surface area (Å²) in [7, 11) is 0. The van der Waals surface area contributed by atoms with E-state index in [9.17, 15) is 0 Å². The fraction of sp³-hybridized carbons (Fsp3) is 0.545. The standard InChI is InChI=1S/C11H14Cl2N2S/c12-9-5-10(13)11(15-7-9)14-6-8-1-3-16-4-2-8/h5,7-8H,1-4,6H2,(H,14,15). The predicted molar refractivity (Wildman–Crippen MR) is 72.8 cm³/mol. The molecule has 1 aliphatic heterocycles. The molecule has 0 amide bonds. The number of nitrogens with one attached hydrogen (secondary N) is 1. The first-order valence-corrected chi connectivity index (χ1v) is 7.29. The Balaban J connectivity index is 1.88. The van der Waals surface area contributed by atoms with E-state index in [-0.39, 0.29) is 0 Å². The molecule has 16 heavy (non-hydrogen) atoms. The quantitative estimate of drug-likeness (QED) is 0.905. The fourth-order valence-electron chi connectivity index (χ4n) is 1.74. The van der Waals surface area contributed by atoms with Crippen molar-refractivity contribution in [1.29, 1.82) is 0 Å². The molecule has 0 spiro atoms. The van der Waals surface area contributed by atoms with Gasteiger partial charge >= 0.3 is 0 Å². The molecule has 0 atom stereocenters. The van der Waals surface area contributed by atoms with Crippen LogP contribution in [0, 0.1) is 5.92 Å².